The summed E-state index contributed by atoms with van der Waals surface area (Å²) in [7, 11) is 2.23. The molecule has 1 N–H and O–H groups in total. The molecule has 2 aliphatic rings. The second-order valence-corrected chi connectivity index (χ2v) is 5.78. The molecular weight excluding hydrogens is 212 g/mol. The van der Waals surface area contributed by atoms with E-state index in [9.17, 15) is 0 Å². The van der Waals surface area contributed by atoms with Gasteiger partial charge in [0.1, 0.15) is 0 Å². The minimum Gasteiger partial charge on any atom is -0.377 e. The molecule has 0 amide bonds. The number of hydrogen-bond acceptors (Lipinski definition) is 3. The fourth-order valence-electron chi connectivity index (χ4n) is 3.02. The third-order valence-corrected chi connectivity index (χ3v) is 4.40. The van der Waals surface area contributed by atoms with Crippen LogP contribution in [0.4, 0.5) is 0 Å². The molecule has 3 nitrogen and oxygen atoms in total. The van der Waals surface area contributed by atoms with E-state index >= 15 is 0 Å². The Hall–Kier alpha value is -0.120. The van der Waals surface area contributed by atoms with Gasteiger partial charge < -0.3 is 15.0 Å². The van der Waals surface area contributed by atoms with Crippen molar-refractivity contribution in [3.63, 3.8) is 0 Å². The van der Waals surface area contributed by atoms with E-state index in [0.29, 0.717) is 12.1 Å². The van der Waals surface area contributed by atoms with Gasteiger partial charge in [-0.2, -0.15) is 0 Å². The first-order valence-corrected chi connectivity index (χ1v) is 7.31. The summed E-state index contributed by atoms with van der Waals surface area (Å²) in [6.45, 7) is 5.47. The van der Waals surface area contributed by atoms with Crippen molar-refractivity contribution in [3.8, 4) is 0 Å². The number of nitrogens with one attached hydrogen (secondary N) is 1. The summed E-state index contributed by atoms with van der Waals surface area (Å²) in [5, 5.41) is 3.64. The Balaban J connectivity index is 1.53. The lowest BCUT2D eigenvalue weighted by Crippen LogP contribution is -2.46. The molecule has 0 aromatic heterocycles. The summed E-state index contributed by atoms with van der Waals surface area (Å²) in [5.41, 5.74) is 0. The highest BCUT2D eigenvalue weighted by molar-refractivity contribution is 4.81. The van der Waals surface area contributed by atoms with Gasteiger partial charge in [0.15, 0.2) is 0 Å². The van der Waals surface area contributed by atoms with Crippen LogP contribution >= 0.6 is 0 Å². The van der Waals surface area contributed by atoms with Gasteiger partial charge in [-0.1, -0.05) is 12.8 Å². The van der Waals surface area contributed by atoms with Crippen LogP contribution in [0.15, 0.2) is 0 Å². The monoisotopic (exact) mass is 240 g/mol. The molecule has 0 bridgehead atoms. The smallest absolute Gasteiger partial charge is 0.0594 e. The van der Waals surface area contributed by atoms with Crippen LogP contribution in [-0.2, 0) is 4.74 Å². The zero-order valence-corrected chi connectivity index (χ0v) is 11.5. The van der Waals surface area contributed by atoms with E-state index in [1.165, 1.54) is 45.1 Å². The van der Waals surface area contributed by atoms with E-state index in [0.717, 1.165) is 19.2 Å². The van der Waals surface area contributed by atoms with E-state index < -0.39 is 0 Å². The van der Waals surface area contributed by atoms with Crippen molar-refractivity contribution >= 4 is 0 Å². The molecule has 2 atom stereocenters. The molecule has 0 aromatic carbocycles. The number of rotatable bonds is 5. The molecular formula is C14H28N2O. The van der Waals surface area contributed by atoms with Crippen molar-refractivity contribution in [1.82, 2.24) is 10.2 Å². The summed E-state index contributed by atoms with van der Waals surface area (Å²) in [4.78, 5) is 2.45. The lowest BCUT2D eigenvalue weighted by atomic mass is 9.99. The van der Waals surface area contributed by atoms with Gasteiger partial charge in [0, 0.05) is 18.6 Å². The highest BCUT2D eigenvalue weighted by Gasteiger charge is 2.22. The predicted octanol–water partition coefficient (Wildman–Crippen LogP) is 2.02. The van der Waals surface area contributed by atoms with Crippen LogP contribution in [0, 0.1) is 0 Å². The Morgan fingerprint density at radius 3 is 2.71 bits per heavy atom. The van der Waals surface area contributed by atoms with Gasteiger partial charge >= 0.3 is 0 Å². The number of nitrogens with zero attached hydrogens (tertiary/aromatic N) is 1. The zero-order chi connectivity index (χ0) is 12.1. The maximum absolute atomic E-state index is 5.87. The van der Waals surface area contributed by atoms with Crippen LogP contribution in [0.3, 0.4) is 0 Å². The maximum Gasteiger partial charge on any atom is 0.0594 e. The highest BCUT2D eigenvalue weighted by Crippen LogP contribution is 2.20. The molecule has 2 fully saturated rings. The average molecular weight is 240 g/mol. The van der Waals surface area contributed by atoms with Gasteiger partial charge in [-0.15, -0.1) is 0 Å². The quantitative estimate of drug-likeness (QED) is 0.744. The van der Waals surface area contributed by atoms with Crippen LogP contribution < -0.4 is 5.32 Å². The van der Waals surface area contributed by atoms with Crippen molar-refractivity contribution in [3.05, 3.63) is 0 Å². The molecule has 0 radical (unpaired) electrons. The SMILES string of the molecule is CC1CC(NCCOC2CCCC2)CCN1C. The Morgan fingerprint density at radius 2 is 2.00 bits per heavy atom. The highest BCUT2D eigenvalue weighted by atomic mass is 16.5. The van der Waals surface area contributed by atoms with Gasteiger partial charge in [-0.3, -0.25) is 0 Å². The van der Waals surface area contributed by atoms with E-state index in [-0.39, 0.29) is 0 Å². The lowest BCUT2D eigenvalue weighted by Gasteiger charge is -2.35. The third-order valence-electron chi connectivity index (χ3n) is 4.40. The van der Waals surface area contributed by atoms with Crippen LogP contribution in [-0.4, -0.2) is 49.8 Å². The topological polar surface area (TPSA) is 24.5 Å². The fraction of sp³-hybridized carbons (Fsp3) is 1.00. The largest absolute Gasteiger partial charge is 0.377 e. The van der Waals surface area contributed by atoms with Crippen molar-refractivity contribution < 1.29 is 4.74 Å². The minimum atomic E-state index is 0.563. The number of likely N-dealkylation sites (tertiary alicyclic amines) is 1. The van der Waals surface area contributed by atoms with Crippen LogP contribution in [0.5, 0.6) is 0 Å². The predicted molar refractivity (Wildman–Crippen MR) is 71.3 cm³/mol. The van der Waals surface area contributed by atoms with Gasteiger partial charge in [-0.25, -0.2) is 0 Å². The van der Waals surface area contributed by atoms with E-state index in [4.69, 9.17) is 4.74 Å². The summed E-state index contributed by atoms with van der Waals surface area (Å²) in [6, 6.07) is 1.42. The molecule has 1 aliphatic carbocycles. The molecule has 1 aliphatic heterocycles. The molecule has 17 heavy (non-hydrogen) atoms. The average Bonchev–Trinajstić information content (AvgIpc) is 2.82. The van der Waals surface area contributed by atoms with Crippen molar-refractivity contribution in [1.29, 1.82) is 0 Å². The first-order chi connectivity index (χ1) is 8.25. The number of ether oxygens (including phenoxy) is 1. The normalized spacial score (nSPS) is 32.1. The van der Waals surface area contributed by atoms with Gasteiger partial charge in [-0.05, 0) is 46.2 Å². The van der Waals surface area contributed by atoms with Crippen LogP contribution in [0.1, 0.15) is 45.4 Å². The summed E-state index contributed by atoms with van der Waals surface area (Å²) < 4.78 is 5.87. The Bertz CT molecular complexity index is 216. The Labute approximate surface area is 106 Å². The zero-order valence-electron chi connectivity index (χ0n) is 11.5. The molecule has 0 spiro atoms. The summed E-state index contributed by atoms with van der Waals surface area (Å²) in [6.07, 6.45) is 8.42. The van der Waals surface area contributed by atoms with Crippen LogP contribution in [0.2, 0.25) is 0 Å². The summed E-state index contributed by atoms with van der Waals surface area (Å²) >= 11 is 0. The second-order valence-electron chi connectivity index (χ2n) is 5.78. The molecule has 2 unspecified atom stereocenters. The van der Waals surface area contributed by atoms with Gasteiger partial charge in [0.05, 0.1) is 12.7 Å². The standard InChI is InChI=1S/C14H28N2O/c1-12-11-13(7-9-16(12)2)15-8-10-17-14-5-3-4-6-14/h12-15H,3-11H2,1-2H3. The molecule has 100 valence electrons. The Kier molecular flexibility index (Phi) is 5.26. The first-order valence-electron chi connectivity index (χ1n) is 7.31. The number of piperidine rings is 1. The summed E-state index contributed by atoms with van der Waals surface area (Å²) in [5.74, 6) is 0. The molecule has 1 heterocycles. The molecule has 3 heteroatoms. The van der Waals surface area contributed by atoms with E-state index in [1.807, 2.05) is 0 Å². The minimum absolute atomic E-state index is 0.563. The maximum atomic E-state index is 5.87. The van der Waals surface area contributed by atoms with Crippen LogP contribution in [0.25, 0.3) is 0 Å². The first kappa shape index (κ1) is 13.3. The second kappa shape index (κ2) is 6.72. The van der Waals surface area contributed by atoms with Crippen molar-refractivity contribution in [2.45, 2.75) is 63.6 Å². The van der Waals surface area contributed by atoms with E-state index in [1.54, 1.807) is 0 Å². The number of hydrogen-bond donors (Lipinski definition) is 1. The molecule has 1 saturated carbocycles. The van der Waals surface area contributed by atoms with Crippen molar-refractivity contribution in [2.75, 3.05) is 26.7 Å². The molecule has 2 rings (SSSR count). The fourth-order valence-corrected chi connectivity index (χ4v) is 3.02. The molecule has 0 aromatic rings. The molecule has 1 saturated heterocycles. The van der Waals surface area contributed by atoms with E-state index in [2.05, 4.69) is 24.2 Å². The van der Waals surface area contributed by atoms with Gasteiger partial charge in [0.25, 0.3) is 0 Å². The lowest BCUT2D eigenvalue weighted by molar-refractivity contribution is 0.0567. The Morgan fingerprint density at radius 1 is 1.24 bits per heavy atom. The van der Waals surface area contributed by atoms with Gasteiger partial charge in [0.2, 0.25) is 0 Å². The van der Waals surface area contributed by atoms with Crippen molar-refractivity contribution in [2.24, 2.45) is 0 Å². The third kappa shape index (κ3) is 4.23.